The second kappa shape index (κ2) is 17.4. The van der Waals surface area contributed by atoms with Crippen LogP contribution in [0.1, 0.15) is 58.3 Å². The molecular formula is C16H32O5. The van der Waals surface area contributed by atoms with Crippen molar-refractivity contribution >= 4 is 5.97 Å². The lowest BCUT2D eigenvalue weighted by atomic mass is 10.1. The Kier molecular flexibility index (Phi) is 16.9. The number of hydrogen-bond donors (Lipinski definition) is 1. The van der Waals surface area contributed by atoms with Crippen molar-refractivity contribution in [3.05, 3.63) is 0 Å². The summed E-state index contributed by atoms with van der Waals surface area (Å²) in [4.78, 5) is 10.2. The van der Waals surface area contributed by atoms with Crippen LogP contribution < -0.4 is 0 Å². The van der Waals surface area contributed by atoms with Crippen LogP contribution in [0.15, 0.2) is 0 Å². The summed E-state index contributed by atoms with van der Waals surface area (Å²) in [5.41, 5.74) is 0. The van der Waals surface area contributed by atoms with E-state index in [2.05, 4.69) is 6.92 Å². The van der Waals surface area contributed by atoms with Crippen molar-refractivity contribution in [2.75, 3.05) is 39.6 Å². The Morgan fingerprint density at radius 1 is 0.714 bits per heavy atom. The Morgan fingerprint density at radius 3 is 1.76 bits per heavy atom. The molecule has 1 N–H and O–H groups in total. The van der Waals surface area contributed by atoms with Gasteiger partial charge in [-0.25, -0.2) is 4.79 Å². The second-order valence-electron chi connectivity index (χ2n) is 5.15. The number of hydrogen-bond acceptors (Lipinski definition) is 4. The molecule has 0 spiro atoms. The number of ether oxygens (including phenoxy) is 3. The summed E-state index contributed by atoms with van der Waals surface area (Å²) in [6.07, 6.45) is 10.4. The van der Waals surface area contributed by atoms with Crippen LogP contribution in [0.2, 0.25) is 0 Å². The van der Waals surface area contributed by atoms with Crippen molar-refractivity contribution in [2.45, 2.75) is 58.3 Å². The molecule has 0 aromatic heterocycles. The smallest absolute Gasteiger partial charge is 0.329 e. The number of rotatable bonds is 17. The number of carboxylic acid groups (broad SMARTS) is 1. The van der Waals surface area contributed by atoms with E-state index in [4.69, 9.17) is 19.3 Å². The predicted octanol–water partition coefficient (Wildman–Crippen LogP) is 3.26. The fourth-order valence-electron chi connectivity index (χ4n) is 1.94. The van der Waals surface area contributed by atoms with Gasteiger partial charge in [-0.15, -0.1) is 0 Å². The second-order valence-corrected chi connectivity index (χ2v) is 5.15. The van der Waals surface area contributed by atoms with Gasteiger partial charge in [0, 0.05) is 6.61 Å². The van der Waals surface area contributed by atoms with Gasteiger partial charge in [-0.05, 0) is 6.42 Å². The van der Waals surface area contributed by atoms with Crippen molar-refractivity contribution < 1.29 is 24.1 Å². The average Bonchev–Trinajstić information content (AvgIpc) is 2.46. The fourth-order valence-corrected chi connectivity index (χ4v) is 1.94. The Labute approximate surface area is 129 Å². The Bertz CT molecular complexity index is 221. The molecule has 0 bridgehead atoms. The van der Waals surface area contributed by atoms with Gasteiger partial charge < -0.3 is 19.3 Å². The topological polar surface area (TPSA) is 65.0 Å². The fraction of sp³-hybridized carbons (Fsp3) is 0.938. The molecule has 0 aliphatic rings. The highest BCUT2D eigenvalue weighted by Gasteiger charge is 1.96. The lowest BCUT2D eigenvalue weighted by Crippen LogP contribution is -2.13. The highest BCUT2D eigenvalue weighted by atomic mass is 16.5. The van der Waals surface area contributed by atoms with Crippen molar-refractivity contribution in [3.63, 3.8) is 0 Å². The zero-order chi connectivity index (χ0) is 15.6. The van der Waals surface area contributed by atoms with E-state index in [1.165, 1.54) is 44.9 Å². The van der Waals surface area contributed by atoms with Crippen LogP contribution in [-0.4, -0.2) is 50.7 Å². The molecule has 0 aromatic rings. The van der Waals surface area contributed by atoms with E-state index in [1.54, 1.807) is 0 Å². The highest BCUT2D eigenvalue weighted by Crippen LogP contribution is 2.08. The van der Waals surface area contributed by atoms with Crippen molar-refractivity contribution in [1.29, 1.82) is 0 Å². The van der Waals surface area contributed by atoms with Gasteiger partial charge in [0.05, 0.1) is 26.4 Å². The first-order valence-corrected chi connectivity index (χ1v) is 8.22. The van der Waals surface area contributed by atoms with E-state index in [1.807, 2.05) is 0 Å². The molecule has 0 heterocycles. The van der Waals surface area contributed by atoms with Crippen LogP contribution >= 0.6 is 0 Å². The number of carboxylic acids is 1. The summed E-state index contributed by atoms with van der Waals surface area (Å²) in [6.45, 7) is 4.62. The summed E-state index contributed by atoms with van der Waals surface area (Å²) in [5, 5.41) is 8.34. The van der Waals surface area contributed by atoms with Gasteiger partial charge in [0.15, 0.2) is 0 Å². The summed E-state index contributed by atoms with van der Waals surface area (Å²) in [7, 11) is 0. The van der Waals surface area contributed by atoms with Gasteiger partial charge in [-0.1, -0.05) is 51.9 Å². The largest absolute Gasteiger partial charge is 0.480 e. The Hall–Kier alpha value is -0.650. The molecule has 126 valence electrons. The monoisotopic (exact) mass is 304 g/mol. The molecule has 0 atom stereocenters. The van der Waals surface area contributed by atoms with Crippen LogP contribution in [-0.2, 0) is 19.0 Å². The molecule has 0 saturated carbocycles. The summed E-state index contributed by atoms with van der Waals surface area (Å²) in [6, 6.07) is 0. The quantitative estimate of drug-likeness (QED) is 0.418. The molecule has 0 aliphatic heterocycles. The molecule has 0 aliphatic carbocycles. The van der Waals surface area contributed by atoms with Gasteiger partial charge in [0.1, 0.15) is 6.61 Å². The third-order valence-corrected chi connectivity index (χ3v) is 3.11. The molecule has 0 fully saturated rings. The maximum absolute atomic E-state index is 10.2. The molecule has 0 unspecified atom stereocenters. The van der Waals surface area contributed by atoms with Gasteiger partial charge in [0.2, 0.25) is 0 Å². The molecular weight excluding hydrogens is 272 g/mol. The summed E-state index contributed by atoms with van der Waals surface area (Å²) >= 11 is 0. The standard InChI is InChI=1S/C16H32O5/c1-2-3-4-5-6-7-8-9-10-19-11-12-20-13-14-21-15-16(17)18/h2-15H2,1H3,(H,17,18). The molecule has 0 radical (unpaired) electrons. The van der Waals surface area contributed by atoms with E-state index in [0.29, 0.717) is 26.4 Å². The third-order valence-electron chi connectivity index (χ3n) is 3.11. The molecule has 21 heavy (non-hydrogen) atoms. The maximum Gasteiger partial charge on any atom is 0.329 e. The minimum Gasteiger partial charge on any atom is -0.480 e. The van der Waals surface area contributed by atoms with Crippen LogP contribution in [0.4, 0.5) is 0 Å². The number of carbonyl (C=O) groups is 1. The zero-order valence-corrected chi connectivity index (χ0v) is 13.5. The lowest BCUT2D eigenvalue weighted by Gasteiger charge is -2.06. The molecule has 0 amide bonds. The normalized spacial score (nSPS) is 10.9. The van der Waals surface area contributed by atoms with Gasteiger partial charge in [-0.2, -0.15) is 0 Å². The van der Waals surface area contributed by atoms with Gasteiger partial charge in [-0.3, -0.25) is 0 Å². The lowest BCUT2D eigenvalue weighted by molar-refractivity contribution is -0.142. The average molecular weight is 304 g/mol. The molecule has 5 nitrogen and oxygen atoms in total. The van der Waals surface area contributed by atoms with Gasteiger partial charge in [0.25, 0.3) is 0 Å². The van der Waals surface area contributed by atoms with E-state index in [-0.39, 0.29) is 6.61 Å². The SMILES string of the molecule is CCCCCCCCCCOCCOCCOCC(=O)O. The van der Waals surface area contributed by atoms with Crippen molar-refractivity contribution in [3.8, 4) is 0 Å². The van der Waals surface area contributed by atoms with Crippen molar-refractivity contribution in [2.24, 2.45) is 0 Å². The Morgan fingerprint density at radius 2 is 1.19 bits per heavy atom. The van der Waals surface area contributed by atoms with Crippen molar-refractivity contribution in [1.82, 2.24) is 0 Å². The van der Waals surface area contributed by atoms with Gasteiger partial charge >= 0.3 is 5.97 Å². The third kappa shape index (κ3) is 19.4. The molecule has 0 aromatic carbocycles. The predicted molar refractivity (Wildman–Crippen MR) is 82.7 cm³/mol. The van der Waals surface area contributed by atoms with E-state index in [9.17, 15) is 4.79 Å². The first kappa shape index (κ1) is 20.3. The number of unbranched alkanes of at least 4 members (excludes halogenated alkanes) is 7. The zero-order valence-electron chi connectivity index (χ0n) is 13.5. The van der Waals surface area contributed by atoms with Crippen LogP contribution in [0.5, 0.6) is 0 Å². The van der Waals surface area contributed by atoms with E-state index in [0.717, 1.165) is 13.0 Å². The number of aliphatic carboxylic acids is 1. The molecule has 0 rings (SSSR count). The minimum atomic E-state index is -0.955. The van der Waals surface area contributed by atoms with Crippen LogP contribution in [0, 0.1) is 0 Å². The van der Waals surface area contributed by atoms with Crippen LogP contribution in [0.25, 0.3) is 0 Å². The maximum atomic E-state index is 10.2. The van der Waals surface area contributed by atoms with E-state index >= 15 is 0 Å². The first-order valence-electron chi connectivity index (χ1n) is 8.22. The Balaban J connectivity index is 2.95. The highest BCUT2D eigenvalue weighted by molar-refractivity contribution is 5.67. The summed E-state index contributed by atoms with van der Waals surface area (Å²) in [5.74, 6) is -0.955. The van der Waals surface area contributed by atoms with E-state index < -0.39 is 5.97 Å². The minimum absolute atomic E-state index is 0.266. The van der Waals surface area contributed by atoms with Crippen LogP contribution in [0.3, 0.4) is 0 Å². The first-order chi connectivity index (χ1) is 10.3. The molecule has 5 heteroatoms. The summed E-state index contributed by atoms with van der Waals surface area (Å²) < 4.78 is 15.6. The molecule has 0 saturated heterocycles.